The molecule has 2 rings (SSSR count). The molecule has 0 heterocycles. The number of benzene rings is 1. The molecule has 0 aliphatic heterocycles. The Bertz CT molecular complexity index is 480. The molecule has 0 radical (unpaired) electrons. The number of aliphatic carboxylic acids is 1. The topological polar surface area (TPSA) is 66.4 Å². The molecule has 108 valence electrons. The van der Waals surface area contributed by atoms with E-state index in [0.29, 0.717) is 19.3 Å². The lowest BCUT2D eigenvalue weighted by molar-refractivity contribution is -0.151. The fourth-order valence-corrected chi connectivity index (χ4v) is 2.69. The fraction of sp³-hybridized carbons (Fsp3) is 0.500. The van der Waals surface area contributed by atoms with Crippen molar-refractivity contribution in [3.05, 3.63) is 35.9 Å². The largest absolute Gasteiger partial charge is 0.480 e. The molecule has 20 heavy (non-hydrogen) atoms. The van der Waals surface area contributed by atoms with Crippen LogP contribution in [-0.4, -0.2) is 22.5 Å². The second kappa shape index (κ2) is 6.07. The molecule has 1 amide bonds. The molecule has 4 nitrogen and oxygen atoms in total. The molecular weight excluding hydrogens is 254 g/mol. The SMILES string of the molecule is CCC(CC(=O)NC1(C(=O)O)CCC1)c1ccccc1. The van der Waals surface area contributed by atoms with Crippen LogP contribution in [0, 0.1) is 0 Å². The first-order chi connectivity index (χ1) is 9.57. The number of carboxylic acids is 1. The number of nitrogens with one attached hydrogen (secondary N) is 1. The molecule has 4 heteroatoms. The minimum absolute atomic E-state index is 0.141. The third kappa shape index (κ3) is 3.00. The quantitative estimate of drug-likeness (QED) is 0.838. The molecule has 0 bridgehead atoms. The van der Waals surface area contributed by atoms with Gasteiger partial charge in [-0.05, 0) is 37.2 Å². The van der Waals surface area contributed by atoms with Crippen molar-refractivity contribution in [2.24, 2.45) is 0 Å². The van der Waals surface area contributed by atoms with Crippen molar-refractivity contribution in [3.63, 3.8) is 0 Å². The highest BCUT2D eigenvalue weighted by molar-refractivity contribution is 5.88. The van der Waals surface area contributed by atoms with E-state index in [1.54, 1.807) is 0 Å². The standard InChI is InChI=1S/C16H21NO3/c1-2-12(13-7-4-3-5-8-13)11-14(18)17-16(15(19)20)9-6-10-16/h3-5,7-8,12H,2,6,9-11H2,1H3,(H,17,18)(H,19,20). The number of carbonyl (C=O) groups excluding carboxylic acids is 1. The average Bonchev–Trinajstić information content (AvgIpc) is 2.40. The number of carbonyl (C=O) groups is 2. The van der Waals surface area contributed by atoms with Crippen molar-refractivity contribution < 1.29 is 14.7 Å². The first-order valence-corrected chi connectivity index (χ1v) is 7.17. The molecule has 0 saturated heterocycles. The zero-order valence-electron chi connectivity index (χ0n) is 11.8. The van der Waals surface area contributed by atoms with Crippen molar-refractivity contribution in [1.29, 1.82) is 0 Å². The molecule has 0 spiro atoms. The molecule has 1 aliphatic rings. The summed E-state index contributed by atoms with van der Waals surface area (Å²) >= 11 is 0. The summed E-state index contributed by atoms with van der Waals surface area (Å²) in [6.07, 6.45) is 3.14. The van der Waals surface area contributed by atoms with Gasteiger partial charge in [0.25, 0.3) is 0 Å². The lowest BCUT2D eigenvalue weighted by Crippen LogP contribution is -2.59. The van der Waals surface area contributed by atoms with E-state index < -0.39 is 11.5 Å². The molecular formula is C16H21NO3. The molecule has 1 fully saturated rings. The highest BCUT2D eigenvalue weighted by Crippen LogP contribution is 2.33. The van der Waals surface area contributed by atoms with Crippen molar-refractivity contribution in [1.82, 2.24) is 5.32 Å². The summed E-state index contributed by atoms with van der Waals surface area (Å²) < 4.78 is 0. The number of carboxylic acid groups (broad SMARTS) is 1. The first kappa shape index (κ1) is 14.6. The Balaban J connectivity index is 1.98. The minimum Gasteiger partial charge on any atom is -0.480 e. The van der Waals surface area contributed by atoms with E-state index >= 15 is 0 Å². The molecule has 1 aliphatic carbocycles. The van der Waals surface area contributed by atoms with Crippen molar-refractivity contribution >= 4 is 11.9 Å². The normalized spacial score (nSPS) is 17.9. The maximum Gasteiger partial charge on any atom is 0.329 e. The van der Waals surface area contributed by atoms with E-state index in [9.17, 15) is 14.7 Å². The Morgan fingerprint density at radius 2 is 1.95 bits per heavy atom. The monoisotopic (exact) mass is 275 g/mol. The van der Waals surface area contributed by atoms with Gasteiger partial charge in [-0.25, -0.2) is 4.79 Å². The van der Waals surface area contributed by atoms with E-state index in [2.05, 4.69) is 5.32 Å². The molecule has 1 aromatic carbocycles. The molecule has 0 aromatic heterocycles. The molecule has 1 saturated carbocycles. The van der Waals surface area contributed by atoms with Gasteiger partial charge in [0.1, 0.15) is 5.54 Å². The number of hydrogen-bond donors (Lipinski definition) is 2. The van der Waals surface area contributed by atoms with Gasteiger partial charge in [0.05, 0.1) is 0 Å². The van der Waals surface area contributed by atoms with Crippen LogP contribution in [0.3, 0.4) is 0 Å². The Labute approximate surface area is 119 Å². The third-order valence-corrected chi connectivity index (χ3v) is 4.19. The van der Waals surface area contributed by atoms with Crippen LogP contribution in [-0.2, 0) is 9.59 Å². The Hall–Kier alpha value is -1.84. The maximum absolute atomic E-state index is 12.1. The van der Waals surface area contributed by atoms with Gasteiger partial charge in [0.2, 0.25) is 5.91 Å². The highest BCUT2D eigenvalue weighted by atomic mass is 16.4. The lowest BCUT2D eigenvalue weighted by Gasteiger charge is -2.38. The van der Waals surface area contributed by atoms with Gasteiger partial charge in [-0.2, -0.15) is 0 Å². The maximum atomic E-state index is 12.1. The summed E-state index contributed by atoms with van der Waals surface area (Å²) in [5, 5.41) is 12.0. The van der Waals surface area contributed by atoms with Gasteiger partial charge >= 0.3 is 5.97 Å². The van der Waals surface area contributed by atoms with Gasteiger partial charge in [-0.3, -0.25) is 4.79 Å². The average molecular weight is 275 g/mol. The second-order valence-corrected chi connectivity index (χ2v) is 5.51. The Kier molecular flexibility index (Phi) is 4.42. The van der Waals surface area contributed by atoms with Gasteiger partial charge in [-0.15, -0.1) is 0 Å². The van der Waals surface area contributed by atoms with E-state index in [4.69, 9.17) is 0 Å². The van der Waals surface area contributed by atoms with Gasteiger partial charge in [-0.1, -0.05) is 37.3 Å². The zero-order valence-corrected chi connectivity index (χ0v) is 11.8. The Morgan fingerprint density at radius 3 is 2.40 bits per heavy atom. The van der Waals surface area contributed by atoms with Crippen LogP contribution in [0.15, 0.2) is 30.3 Å². The van der Waals surface area contributed by atoms with Gasteiger partial charge < -0.3 is 10.4 Å². The Morgan fingerprint density at radius 1 is 1.30 bits per heavy atom. The predicted octanol–water partition coefficient (Wildman–Crippen LogP) is 2.69. The summed E-state index contributed by atoms with van der Waals surface area (Å²) in [6, 6.07) is 9.89. The van der Waals surface area contributed by atoms with E-state index in [1.165, 1.54) is 0 Å². The van der Waals surface area contributed by atoms with Crippen LogP contribution in [0.1, 0.15) is 50.5 Å². The summed E-state index contributed by atoms with van der Waals surface area (Å²) in [4.78, 5) is 23.4. The highest BCUT2D eigenvalue weighted by Gasteiger charge is 2.45. The van der Waals surface area contributed by atoms with Gasteiger partial charge in [0.15, 0.2) is 0 Å². The number of rotatable bonds is 6. The van der Waals surface area contributed by atoms with Crippen LogP contribution >= 0.6 is 0 Å². The van der Waals surface area contributed by atoms with Crippen LogP contribution < -0.4 is 5.32 Å². The van der Waals surface area contributed by atoms with Crippen LogP contribution in [0.2, 0.25) is 0 Å². The summed E-state index contributed by atoms with van der Waals surface area (Å²) in [5.74, 6) is -0.935. The van der Waals surface area contributed by atoms with E-state index in [1.807, 2.05) is 37.3 Å². The van der Waals surface area contributed by atoms with Crippen molar-refractivity contribution in [2.45, 2.75) is 50.5 Å². The lowest BCUT2D eigenvalue weighted by atomic mass is 9.76. The van der Waals surface area contributed by atoms with Gasteiger partial charge in [0, 0.05) is 6.42 Å². The second-order valence-electron chi connectivity index (χ2n) is 5.51. The summed E-state index contributed by atoms with van der Waals surface area (Å²) in [7, 11) is 0. The van der Waals surface area contributed by atoms with Crippen molar-refractivity contribution in [2.75, 3.05) is 0 Å². The molecule has 1 atom stereocenters. The predicted molar refractivity (Wildman–Crippen MR) is 76.5 cm³/mol. The molecule has 1 unspecified atom stereocenters. The first-order valence-electron chi connectivity index (χ1n) is 7.17. The van der Waals surface area contributed by atoms with Crippen LogP contribution in [0.25, 0.3) is 0 Å². The number of amides is 1. The molecule has 2 N–H and O–H groups in total. The van der Waals surface area contributed by atoms with E-state index in [-0.39, 0.29) is 11.8 Å². The third-order valence-electron chi connectivity index (χ3n) is 4.19. The summed E-state index contributed by atoms with van der Waals surface area (Å²) in [5.41, 5.74) is 0.120. The fourth-order valence-electron chi connectivity index (χ4n) is 2.69. The number of hydrogen-bond acceptors (Lipinski definition) is 2. The van der Waals surface area contributed by atoms with Crippen LogP contribution in [0.4, 0.5) is 0 Å². The van der Waals surface area contributed by atoms with E-state index in [0.717, 1.165) is 18.4 Å². The zero-order chi connectivity index (χ0) is 14.6. The van der Waals surface area contributed by atoms with Crippen LogP contribution in [0.5, 0.6) is 0 Å². The molecule has 1 aromatic rings. The smallest absolute Gasteiger partial charge is 0.329 e. The summed E-state index contributed by atoms with van der Waals surface area (Å²) in [6.45, 7) is 2.04. The minimum atomic E-state index is -1.01. The van der Waals surface area contributed by atoms with Crippen molar-refractivity contribution in [3.8, 4) is 0 Å².